The van der Waals surface area contributed by atoms with Gasteiger partial charge in [0.15, 0.2) is 0 Å². The number of likely N-dealkylation sites (tertiary alicyclic amines) is 1. The Morgan fingerprint density at radius 2 is 2.12 bits per heavy atom. The van der Waals surface area contributed by atoms with Gasteiger partial charge in [-0.05, 0) is 24.5 Å². The van der Waals surface area contributed by atoms with Gasteiger partial charge in [0, 0.05) is 19.0 Å². The van der Waals surface area contributed by atoms with Gasteiger partial charge in [0.25, 0.3) is 5.91 Å². The van der Waals surface area contributed by atoms with Crippen LogP contribution in [0.4, 0.5) is 0 Å². The number of benzene rings is 1. The van der Waals surface area contributed by atoms with Crippen LogP contribution in [0.25, 0.3) is 0 Å². The maximum Gasteiger partial charge on any atom is 0.257 e. The third-order valence-electron chi connectivity index (χ3n) is 4.68. The van der Waals surface area contributed by atoms with E-state index in [9.17, 15) is 4.79 Å². The van der Waals surface area contributed by atoms with Crippen LogP contribution in [0.3, 0.4) is 0 Å². The summed E-state index contributed by atoms with van der Waals surface area (Å²) in [5, 5.41) is 8.46. The molecular weight excluding hydrogens is 316 g/mol. The van der Waals surface area contributed by atoms with Crippen molar-refractivity contribution in [2.75, 3.05) is 13.1 Å². The van der Waals surface area contributed by atoms with Gasteiger partial charge in [-0.2, -0.15) is 0 Å². The number of hydrogen-bond acceptors (Lipinski definition) is 4. The van der Waals surface area contributed by atoms with E-state index in [0.717, 1.165) is 31.8 Å². The number of carbonyl (C=O) groups is 1. The maximum atomic E-state index is 12.6. The van der Waals surface area contributed by atoms with Gasteiger partial charge >= 0.3 is 0 Å². The highest BCUT2D eigenvalue weighted by Crippen LogP contribution is 2.27. The fourth-order valence-corrected chi connectivity index (χ4v) is 3.42. The summed E-state index contributed by atoms with van der Waals surface area (Å²) < 4.78 is 7.13. The normalized spacial score (nSPS) is 17.6. The van der Waals surface area contributed by atoms with Crippen LogP contribution in [-0.2, 0) is 6.54 Å². The molecule has 3 heterocycles. The van der Waals surface area contributed by atoms with Crippen molar-refractivity contribution in [1.29, 1.82) is 0 Å². The van der Waals surface area contributed by atoms with E-state index in [1.54, 1.807) is 12.4 Å². The van der Waals surface area contributed by atoms with Crippen molar-refractivity contribution in [2.24, 2.45) is 0 Å². The van der Waals surface area contributed by atoms with E-state index < -0.39 is 0 Å². The zero-order valence-electron chi connectivity index (χ0n) is 13.9. The summed E-state index contributed by atoms with van der Waals surface area (Å²) in [5.41, 5.74) is 1.82. The first-order valence-corrected chi connectivity index (χ1v) is 8.54. The molecule has 1 aliphatic heterocycles. The first-order chi connectivity index (χ1) is 12.3. The van der Waals surface area contributed by atoms with E-state index in [2.05, 4.69) is 26.9 Å². The first kappa shape index (κ1) is 15.6. The molecule has 6 nitrogen and oxygen atoms in total. The largest absolute Gasteiger partial charge is 0.472 e. The zero-order chi connectivity index (χ0) is 17.1. The van der Waals surface area contributed by atoms with E-state index in [4.69, 9.17) is 4.42 Å². The van der Waals surface area contributed by atoms with E-state index in [1.165, 1.54) is 18.1 Å². The predicted octanol–water partition coefficient (Wildman–Crippen LogP) is 2.94. The average Bonchev–Trinajstić information content (AvgIpc) is 3.34. The Labute approximate surface area is 146 Å². The summed E-state index contributed by atoms with van der Waals surface area (Å²) in [7, 11) is 0. The van der Waals surface area contributed by atoms with Crippen LogP contribution in [-0.4, -0.2) is 38.7 Å². The molecule has 1 amide bonds. The third kappa shape index (κ3) is 3.33. The van der Waals surface area contributed by atoms with Crippen molar-refractivity contribution in [3.8, 4) is 0 Å². The van der Waals surface area contributed by atoms with Crippen molar-refractivity contribution in [2.45, 2.75) is 25.3 Å². The second-order valence-electron chi connectivity index (χ2n) is 6.40. The molecule has 2 aromatic heterocycles. The zero-order valence-corrected chi connectivity index (χ0v) is 13.9. The molecule has 1 atom stereocenters. The molecule has 3 aromatic rings. The molecule has 0 radical (unpaired) electrons. The van der Waals surface area contributed by atoms with Crippen molar-refractivity contribution in [3.05, 3.63) is 72.2 Å². The quantitative estimate of drug-likeness (QED) is 0.735. The number of aromatic nitrogens is 3. The highest BCUT2D eigenvalue weighted by molar-refractivity contribution is 5.93. The van der Waals surface area contributed by atoms with Crippen molar-refractivity contribution < 1.29 is 9.21 Å². The van der Waals surface area contributed by atoms with Gasteiger partial charge in [-0.3, -0.25) is 4.79 Å². The van der Waals surface area contributed by atoms with E-state index in [0.29, 0.717) is 12.1 Å². The Kier molecular flexibility index (Phi) is 4.33. The monoisotopic (exact) mass is 336 g/mol. The molecule has 0 aliphatic carbocycles. The SMILES string of the molecule is O=C(c1ccoc1)N1CCC[C@@H](c2nncn2Cc2ccccc2)C1. The lowest BCUT2D eigenvalue weighted by molar-refractivity contribution is 0.0702. The Morgan fingerprint density at radius 1 is 1.24 bits per heavy atom. The molecule has 0 saturated carbocycles. The minimum absolute atomic E-state index is 0.0209. The first-order valence-electron chi connectivity index (χ1n) is 8.54. The van der Waals surface area contributed by atoms with Crippen LogP contribution in [0.2, 0.25) is 0 Å². The summed E-state index contributed by atoms with van der Waals surface area (Å²) in [6.45, 7) is 2.18. The average molecular weight is 336 g/mol. The Morgan fingerprint density at radius 3 is 2.92 bits per heavy atom. The summed E-state index contributed by atoms with van der Waals surface area (Å²) in [5.74, 6) is 1.18. The Bertz CT molecular complexity index is 826. The molecule has 0 N–H and O–H groups in total. The fourth-order valence-electron chi connectivity index (χ4n) is 3.42. The Balaban J connectivity index is 1.50. The highest BCUT2D eigenvalue weighted by Gasteiger charge is 2.28. The second kappa shape index (κ2) is 6.93. The van der Waals surface area contributed by atoms with Crippen molar-refractivity contribution >= 4 is 5.91 Å². The number of amides is 1. The van der Waals surface area contributed by atoms with E-state index in [-0.39, 0.29) is 11.8 Å². The van der Waals surface area contributed by atoms with Gasteiger partial charge in [0.1, 0.15) is 18.4 Å². The van der Waals surface area contributed by atoms with Gasteiger partial charge in [-0.25, -0.2) is 0 Å². The second-order valence-corrected chi connectivity index (χ2v) is 6.40. The van der Waals surface area contributed by atoms with Gasteiger partial charge in [0.2, 0.25) is 0 Å². The molecule has 4 rings (SSSR count). The van der Waals surface area contributed by atoms with Crippen LogP contribution in [0.5, 0.6) is 0 Å². The standard InChI is InChI=1S/C19H20N4O2/c24-19(17-8-10-25-13-17)22-9-4-7-16(12-22)18-21-20-14-23(18)11-15-5-2-1-3-6-15/h1-3,5-6,8,10,13-14,16H,4,7,9,11-12H2/t16-/m1/s1. The lowest BCUT2D eigenvalue weighted by Crippen LogP contribution is -2.39. The summed E-state index contributed by atoms with van der Waals surface area (Å²) in [6, 6.07) is 12.0. The summed E-state index contributed by atoms with van der Waals surface area (Å²) in [6.07, 6.45) is 6.79. The number of hydrogen-bond donors (Lipinski definition) is 0. The lowest BCUT2D eigenvalue weighted by Gasteiger charge is -2.32. The maximum absolute atomic E-state index is 12.6. The minimum atomic E-state index is 0.0209. The van der Waals surface area contributed by atoms with Crippen LogP contribution in [0.15, 0.2) is 59.7 Å². The number of piperidine rings is 1. The highest BCUT2D eigenvalue weighted by atomic mass is 16.3. The number of carbonyl (C=O) groups excluding carboxylic acids is 1. The van der Waals surface area contributed by atoms with Crippen LogP contribution in [0.1, 0.15) is 40.5 Å². The molecule has 1 aromatic carbocycles. The molecule has 25 heavy (non-hydrogen) atoms. The van der Waals surface area contributed by atoms with Crippen LogP contribution in [0, 0.1) is 0 Å². The number of rotatable bonds is 4. The van der Waals surface area contributed by atoms with Crippen molar-refractivity contribution in [3.63, 3.8) is 0 Å². The van der Waals surface area contributed by atoms with Gasteiger partial charge in [0.05, 0.1) is 18.4 Å². The molecule has 0 spiro atoms. The van der Waals surface area contributed by atoms with Gasteiger partial charge < -0.3 is 13.9 Å². The topological polar surface area (TPSA) is 64.2 Å². The van der Waals surface area contributed by atoms with Crippen LogP contribution >= 0.6 is 0 Å². The Hall–Kier alpha value is -2.89. The third-order valence-corrected chi connectivity index (χ3v) is 4.68. The smallest absolute Gasteiger partial charge is 0.257 e. The predicted molar refractivity (Wildman–Crippen MR) is 92.2 cm³/mol. The molecular formula is C19H20N4O2. The molecule has 1 fully saturated rings. The van der Waals surface area contributed by atoms with E-state index in [1.807, 2.05) is 23.1 Å². The molecule has 128 valence electrons. The lowest BCUT2D eigenvalue weighted by atomic mass is 9.96. The van der Waals surface area contributed by atoms with Crippen LogP contribution < -0.4 is 0 Å². The molecule has 0 unspecified atom stereocenters. The molecule has 1 aliphatic rings. The number of furan rings is 1. The summed E-state index contributed by atoms with van der Waals surface area (Å²) in [4.78, 5) is 14.5. The van der Waals surface area contributed by atoms with Gasteiger partial charge in [-0.15, -0.1) is 10.2 Å². The van der Waals surface area contributed by atoms with E-state index >= 15 is 0 Å². The van der Waals surface area contributed by atoms with Gasteiger partial charge in [-0.1, -0.05) is 30.3 Å². The molecule has 1 saturated heterocycles. The van der Waals surface area contributed by atoms with Crippen molar-refractivity contribution in [1.82, 2.24) is 19.7 Å². The summed E-state index contributed by atoms with van der Waals surface area (Å²) >= 11 is 0. The number of nitrogens with zero attached hydrogens (tertiary/aromatic N) is 4. The minimum Gasteiger partial charge on any atom is -0.472 e. The molecule has 6 heteroatoms. The fraction of sp³-hybridized carbons (Fsp3) is 0.316. The molecule has 0 bridgehead atoms.